The molecule has 0 aromatic rings. The van der Waals surface area contributed by atoms with E-state index in [0.717, 1.165) is 13.1 Å². The summed E-state index contributed by atoms with van der Waals surface area (Å²) in [6.07, 6.45) is 7.86. The summed E-state index contributed by atoms with van der Waals surface area (Å²) in [5, 5.41) is 3.49. The zero-order chi connectivity index (χ0) is 12.5. The van der Waals surface area contributed by atoms with Crippen molar-refractivity contribution >= 4 is 5.91 Å². The van der Waals surface area contributed by atoms with Crippen LogP contribution in [-0.2, 0) is 4.79 Å². The Morgan fingerprint density at radius 3 is 2.61 bits per heavy atom. The first-order valence-electron chi connectivity index (χ1n) is 7.52. The van der Waals surface area contributed by atoms with Crippen LogP contribution in [0.3, 0.4) is 0 Å². The molecular formula is C14H25N3O. The summed E-state index contributed by atoms with van der Waals surface area (Å²) in [7, 11) is 0. The minimum atomic E-state index is 0.107. The number of nitrogens with two attached hydrogens (primary N) is 1. The van der Waals surface area contributed by atoms with E-state index in [9.17, 15) is 4.79 Å². The highest BCUT2D eigenvalue weighted by Crippen LogP contribution is 2.34. The molecule has 1 amide bonds. The Hall–Kier alpha value is -0.610. The van der Waals surface area contributed by atoms with Crippen molar-refractivity contribution in [2.75, 3.05) is 13.1 Å². The molecule has 0 aromatic carbocycles. The van der Waals surface area contributed by atoms with Crippen molar-refractivity contribution < 1.29 is 4.79 Å². The van der Waals surface area contributed by atoms with Crippen molar-refractivity contribution in [1.82, 2.24) is 10.2 Å². The van der Waals surface area contributed by atoms with Gasteiger partial charge in [-0.25, -0.2) is 0 Å². The lowest BCUT2D eigenvalue weighted by Gasteiger charge is -2.27. The number of carbonyl (C=O) groups excluding carboxylic acids is 1. The Morgan fingerprint density at radius 1 is 1.28 bits per heavy atom. The van der Waals surface area contributed by atoms with Crippen molar-refractivity contribution in [1.29, 1.82) is 0 Å². The predicted molar refractivity (Wildman–Crippen MR) is 71.1 cm³/mol. The van der Waals surface area contributed by atoms with Crippen molar-refractivity contribution in [3.63, 3.8) is 0 Å². The summed E-state index contributed by atoms with van der Waals surface area (Å²) in [5.41, 5.74) is 6.08. The van der Waals surface area contributed by atoms with E-state index in [0.29, 0.717) is 30.3 Å². The second kappa shape index (κ2) is 5.17. The minimum Gasteiger partial charge on any atom is -0.338 e. The first-order chi connectivity index (χ1) is 8.74. The van der Waals surface area contributed by atoms with Gasteiger partial charge in [-0.15, -0.1) is 0 Å². The van der Waals surface area contributed by atoms with Gasteiger partial charge in [-0.05, 0) is 51.0 Å². The zero-order valence-corrected chi connectivity index (χ0v) is 11.1. The lowest BCUT2D eigenvalue weighted by Crippen LogP contribution is -2.44. The van der Waals surface area contributed by atoms with E-state index >= 15 is 0 Å². The Morgan fingerprint density at radius 2 is 2.06 bits per heavy atom. The largest absolute Gasteiger partial charge is 0.338 e. The van der Waals surface area contributed by atoms with Gasteiger partial charge in [0.15, 0.2) is 0 Å². The van der Waals surface area contributed by atoms with E-state index in [1.807, 2.05) is 0 Å². The fraction of sp³-hybridized carbons (Fsp3) is 0.929. The lowest BCUT2D eigenvalue weighted by atomic mass is 10.1. The Labute approximate surface area is 109 Å². The molecule has 2 aliphatic carbocycles. The normalized spacial score (nSPS) is 29.3. The summed E-state index contributed by atoms with van der Waals surface area (Å²) in [6, 6.07) is 1.15. The Bertz CT molecular complexity index is 306. The van der Waals surface area contributed by atoms with Crippen LogP contribution in [-0.4, -0.2) is 42.0 Å². The maximum absolute atomic E-state index is 12.4. The first kappa shape index (κ1) is 12.4. The van der Waals surface area contributed by atoms with Gasteiger partial charge >= 0.3 is 0 Å². The molecule has 0 bridgehead atoms. The second-order valence-electron chi connectivity index (χ2n) is 6.28. The number of amides is 1. The molecular weight excluding hydrogens is 226 g/mol. The topological polar surface area (TPSA) is 58.4 Å². The fourth-order valence-electron chi connectivity index (χ4n) is 3.00. The Kier molecular flexibility index (Phi) is 3.57. The molecule has 4 heteroatoms. The average molecular weight is 251 g/mol. The number of hydrogen-bond donors (Lipinski definition) is 2. The van der Waals surface area contributed by atoms with Crippen molar-refractivity contribution in [3.8, 4) is 0 Å². The summed E-state index contributed by atoms with van der Waals surface area (Å²) in [6.45, 7) is 2.01. The van der Waals surface area contributed by atoms with Crippen LogP contribution in [0.15, 0.2) is 0 Å². The van der Waals surface area contributed by atoms with Gasteiger partial charge < -0.3 is 16.0 Å². The van der Waals surface area contributed by atoms with Crippen molar-refractivity contribution in [2.24, 2.45) is 11.7 Å². The standard InChI is InChI=1S/C14H25N3O/c15-13(10-3-4-10)8-14(18)17(12-5-6-12)9-11-2-1-7-16-11/h10-13,16H,1-9,15H2/t11-,13-/m0/s1. The maximum atomic E-state index is 12.4. The molecule has 3 aliphatic rings. The molecule has 18 heavy (non-hydrogen) atoms. The SMILES string of the molecule is N[C@@H](CC(=O)N(C[C@@H]1CCCN1)C1CC1)C1CC1. The third-order valence-corrected chi connectivity index (χ3v) is 4.53. The first-order valence-corrected chi connectivity index (χ1v) is 7.52. The third-order valence-electron chi connectivity index (χ3n) is 4.53. The van der Waals surface area contributed by atoms with Gasteiger partial charge in [-0.1, -0.05) is 0 Å². The highest BCUT2D eigenvalue weighted by atomic mass is 16.2. The van der Waals surface area contributed by atoms with Crippen molar-refractivity contribution in [2.45, 2.75) is 63.1 Å². The number of hydrogen-bond acceptors (Lipinski definition) is 3. The summed E-state index contributed by atoms with van der Waals surface area (Å²) >= 11 is 0. The zero-order valence-electron chi connectivity index (χ0n) is 11.1. The predicted octanol–water partition coefficient (Wildman–Crippen LogP) is 0.857. The molecule has 3 N–H and O–H groups in total. The highest BCUT2D eigenvalue weighted by molar-refractivity contribution is 5.77. The van der Waals surface area contributed by atoms with Crippen LogP contribution in [0.5, 0.6) is 0 Å². The van der Waals surface area contributed by atoms with Crippen LogP contribution in [0.4, 0.5) is 0 Å². The van der Waals surface area contributed by atoms with Crippen molar-refractivity contribution in [3.05, 3.63) is 0 Å². The van der Waals surface area contributed by atoms with Gasteiger partial charge in [0.25, 0.3) is 0 Å². The van der Waals surface area contributed by atoms with Gasteiger partial charge in [0.1, 0.15) is 0 Å². The summed E-state index contributed by atoms with van der Waals surface area (Å²) < 4.78 is 0. The minimum absolute atomic E-state index is 0.107. The van der Waals surface area contributed by atoms with Gasteiger partial charge in [-0.2, -0.15) is 0 Å². The molecule has 1 saturated heterocycles. The summed E-state index contributed by atoms with van der Waals surface area (Å²) in [4.78, 5) is 14.5. The number of nitrogens with zero attached hydrogens (tertiary/aromatic N) is 1. The smallest absolute Gasteiger partial charge is 0.224 e. The third kappa shape index (κ3) is 3.04. The van der Waals surface area contributed by atoms with E-state index in [4.69, 9.17) is 5.73 Å². The molecule has 3 rings (SSSR count). The van der Waals surface area contributed by atoms with Gasteiger partial charge in [0.2, 0.25) is 5.91 Å². The van der Waals surface area contributed by atoms with Gasteiger partial charge in [-0.3, -0.25) is 4.79 Å². The quantitative estimate of drug-likeness (QED) is 0.736. The molecule has 1 aliphatic heterocycles. The fourth-order valence-corrected chi connectivity index (χ4v) is 3.00. The summed E-state index contributed by atoms with van der Waals surface area (Å²) in [5.74, 6) is 0.921. The molecule has 0 spiro atoms. The molecule has 102 valence electrons. The van der Waals surface area contributed by atoms with Crippen LogP contribution in [0.25, 0.3) is 0 Å². The molecule has 4 nitrogen and oxygen atoms in total. The molecule has 2 atom stereocenters. The highest BCUT2D eigenvalue weighted by Gasteiger charge is 2.37. The van der Waals surface area contributed by atoms with Gasteiger partial charge in [0.05, 0.1) is 0 Å². The average Bonchev–Trinajstić information content (AvgIpc) is 3.25. The van der Waals surface area contributed by atoms with E-state index in [2.05, 4.69) is 10.2 Å². The number of carbonyl (C=O) groups is 1. The van der Waals surface area contributed by atoms with Crippen LogP contribution >= 0.6 is 0 Å². The monoisotopic (exact) mass is 251 g/mol. The van der Waals surface area contributed by atoms with Crippen LogP contribution < -0.4 is 11.1 Å². The van der Waals surface area contributed by atoms with E-state index in [1.54, 1.807) is 0 Å². The molecule has 1 heterocycles. The van der Waals surface area contributed by atoms with Crippen LogP contribution in [0, 0.1) is 5.92 Å². The second-order valence-corrected chi connectivity index (χ2v) is 6.28. The van der Waals surface area contributed by atoms with E-state index in [-0.39, 0.29) is 6.04 Å². The lowest BCUT2D eigenvalue weighted by molar-refractivity contribution is -0.132. The Balaban J connectivity index is 1.52. The van der Waals surface area contributed by atoms with E-state index < -0.39 is 0 Å². The van der Waals surface area contributed by atoms with Gasteiger partial charge in [0, 0.05) is 31.1 Å². The number of rotatable bonds is 6. The van der Waals surface area contributed by atoms with Crippen LogP contribution in [0.2, 0.25) is 0 Å². The molecule has 3 fully saturated rings. The van der Waals surface area contributed by atoms with E-state index in [1.165, 1.54) is 38.5 Å². The molecule has 0 radical (unpaired) electrons. The molecule has 0 aromatic heterocycles. The molecule has 2 saturated carbocycles. The van der Waals surface area contributed by atoms with Crippen LogP contribution in [0.1, 0.15) is 44.9 Å². The molecule has 0 unspecified atom stereocenters. The number of nitrogens with one attached hydrogen (secondary N) is 1. The maximum Gasteiger partial charge on any atom is 0.224 e.